The Bertz CT molecular complexity index is 513. The summed E-state index contributed by atoms with van der Waals surface area (Å²) in [6.45, 7) is 2.87. The normalized spacial score (nSPS) is 10.4. The Morgan fingerprint density at radius 2 is 1.86 bits per heavy atom. The van der Waals surface area contributed by atoms with Crippen molar-refractivity contribution in [3.63, 3.8) is 0 Å². The number of anilines is 1. The maximum absolute atomic E-state index is 11.9. The van der Waals surface area contributed by atoms with Gasteiger partial charge in [0.15, 0.2) is 0 Å². The van der Waals surface area contributed by atoms with E-state index in [1.807, 2.05) is 6.92 Å². The summed E-state index contributed by atoms with van der Waals surface area (Å²) >= 11 is 0. The predicted octanol–water partition coefficient (Wildman–Crippen LogP) is 0.521. The summed E-state index contributed by atoms with van der Waals surface area (Å²) in [4.78, 5) is 35.0. The summed E-state index contributed by atoms with van der Waals surface area (Å²) in [6.07, 6.45) is -0.00553. The molecule has 0 spiro atoms. The molecule has 0 aliphatic heterocycles. The van der Waals surface area contributed by atoms with Crippen LogP contribution in [0.15, 0.2) is 24.3 Å². The molecule has 4 N–H and O–H groups in total. The van der Waals surface area contributed by atoms with Crippen molar-refractivity contribution in [1.29, 1.82) is 0 Å². The van der Waals surface area contributed by atoms with Crippen molar-refractivity contribution in [3.05, 3.63) is 29.8 Å². The Morgan fingerprint density at radius 1 is 1.24 bits per heavy atom. The van der Waals surface area contributed by atoms with Gasteiger partial charge in [-0.15, -0.1) is 0 Å². The van der Waals surface area contributed by atoms with Gasteiger partial charge in [-0.3, -0.25) is 19.3 Å². The molecule has 0 saturated carbocycles. The summed E-state index contributed by atoms with van der Waals surface area (Å²) in [6, 6.07) is 6.23. The third-order valence-corrected chi connectivity index (χ3v) is 2.91. The van der Waals surface area contributed by atoms with E-state index in [9.17, 15) is 14.4 Å². The number of benzene rings is 1. The van der Waals surface area contributed by atoms with E-state index < -0.39 is 11.9 Å². The van der Waals surface area contributed by atoms with Crippen LogP contribution in [0.25, 0.3) is 0 Å². The minimum absolute atomic E-state index is 0.00553. The molecule has 7 heteroatoms. The number of carbonyl (C=O) groups is 3. The molecule has 0 saturated heterocycles. The van der Waals surface area contributed by atoms with E-state index in [1.165, 1.54) is 12.1 Å². The standard InChI is InChI=1S/C14H19N3O4/c1-2-17(8-7-13(19)20)9-12(18)16-11-5-3-10(4-6-11)14(15)21/h3-6H,2,7-9H2,1H3,(H2,15,21)(H,16,18)(H,19,20). The number of carboxylic acids is 1. The minimum Gasteiger partial charge on any atom is -0.481 e. The van der Waals surface area contributed by atoms with Gasteiger partial charge in [-0.2, -0.15) is 0 Å². The van der Waals surface area contributed by atoms with Crippen molar-refractivity contribution >= 4 is 23.5 Å². The number of hydrogen-bond acceptors (Lipinski definition) is 4. The van der Waals surface area contributed by atoms with Crippen LogP contribution in [0.3, 0.4) is 0 Å². The molecule has 1 aromatic rings. The predicted molar refractivity (Wildman–Crippen MR) is 78.0 cm³/mol. The zero-order chi connectivity index (χ0) is 15.8. The highest BCUT2D eigenvalue weighted by atomic mass is 16.4. The largest absolute Gasteiger partial charge is 0.481 e. The number of carbonyl (C=O) groups excluding carboxylic acids is 2. The monoisotopic (exact) mass is 293 g/mol. The Morgan fingerprint density at radius 3 is 2.33 bits per heavy atom. The molecule has 7 nitrogen and oxygen atoms in total. The second kappa shape index (κ2) is 8.01. The summed E-state index contributed by atoms with van der Waals surface area (Å²) in [7, 11) is 0. The number of likely N-dealkylation sites (N-methyl/N-ethyl adjacent to an activating group) is 1. The maximum Gasteiger partial charge on any atom is 0.304 e. The van der Waals surface area contributed by atoms with Gasteiger partial charge in [-0.1, -0.05) is 6.92 Å². The van der Waals surface area contributed by atoms with Crippen LogP contribution >= 0.6 is 0 Å². The van der Waals surface area contributed by atoms with E-state index in [0.29, 0.717) is 24.3 Å². The molecule has 21 heavy (non-hydrogen) atoms. The Balaban J connectivity index is 2.51. The third kappa shape index (κ3) is 6.05. The van der Waals surface area contributed by atoms with Crippen molar-refractivity contribution in [2.24, 2.45) is 5.73 Å². The first-order valence-electron chi connectivity index (χ1n) is 6.56. The average molecular weight is 293 g/mol. The fourth-order valence-corrected chi connectivity index (χ4v) is 1.72. The highest BCUT2D eigenvalue weighted by Gasteiger charge is 2.11. The van der Waals surface area contributed by atoms with Gasteiger partial charge < -0.3 is 16.2 Å². The van der Waals surface area contributed by atoms with Crippen LogP contribution in [0.5, 0.6) is 0 Å². The summed E-state index contributed by atoms with van der Waals surface area (Å²) in [5.41, 5.74) is 6.05. The summed E-state index contributed by atoms with van der Waals surface area (Å²) in [5.74, 6) is -1.66. The van der Waals surface area contributed by atoms with Crippen LogP contribution in [-0.2, 0) is 9.59 Å². The van der Waals surface area contributed by atoms with Gasteiger partial charge >= 0.3 is 5.97 Å². The highest BCUT2D eigenvalue weighted by Crippen LogP contribution is 2.09. The van der Waals surface area contributed by atoms with Crippen LogP contribution in [-0.4, -0.2) is 47.4 Å². The van der Waals surface area contributed by atoms with E-state index in [1.54, 1.807) is 17.0 Å². The molecule has 0 bridgehead atoms. The fourth-order valence-electron chi connectivity index (χ4n) is 1.72. The van der Waals surface area contributed by atoms with E-state index in [0.717, 1.165) is 0 Å². The lowest BCUT2D eigenvalue weighted by atomic mass is 10.2. The van der Waals surface area contributed by atoms with Crippen LogP contribution in [0.1, 0.15) is 23.7 Å². The number of aliphatic carboxylic acids is 1. The van der Waals surface area contributed by atoms with Gasteiger partial charge in [0.1, 0.15) is 0 Å². The van der Waals surface area contributed by atoms with Crippen molar-refractivity contribution in [2.45, 2.75) is 13.3 Å². The molecule has 0 unspecified atom stereocenters. The molecule has 2 amide bonds. The second-order valence-electron chi connectivity index (χ2n) is 4.50. The molecule has 0 aliphatic rings. The molecule has 0 aromatic heterocycles. The lowest BCUT2D eigenvalue weighted by molar-refractivity contribution is -0.137. The number of nitrogens with two attached hydrogens (primary N) is 1. The quantitative estimate of drug-likeness (QED) is 0.647. The Kier molecular flexibility index (Phi) is 6.35. The van der Waals surface area contributed by atoms with Gasteiger partial charge in [-0.05, 0) is 30.8 Å². The zero-order valence-corrected chi connectivity index (χ0v) is 11.8. The first-order chi connectivity index (χ1) is 9.92. The van der Waals surface area contributed by atoms with Crippen LogP contribution in [0, 0.1) is 0 Å². The molecule has 1 rings (SSSR count). The van der Waals surface area contributed by atoms with Crippen LogP contribution in [0.2, 0.25) is 0 Å². The first kappa shape index (κ1) is 16.6. The number of nitrogens with zero attached hydrogens (tertiary/aromatic N) is 1. The Labute approximate surface area is 122 Å². The van der Waals surface area contributed by atoms with Gasteiger partial charge in [0.05, 0.1) is 13.0 Å². The first-order valence-corrected chi connectivity index (χ1v) is 6.56. The zero-order valence-electron chi connectivity index (χ0n) is 11.8. The van der Waals surface area contributed by atoms with Crippen molar-refractivity contribution in [3.8, 4) is 0 Å². The molecule has 0 atom stereocenters. The molecule has 1 aromatic carbocycles. The minimum atomic E-state index is -0.893. The number of primary amides is 1. The highest BCUT2D eigenvalue weighted by molar-refractivity contribution is 5.95. The Hall–Kier alpha value is -2.41. The van der Waals surface area contributed by atoms with Gasteiger partial charge in [0.2, 0.25) is 11.8 Å². The molecule has 0 aliphatic carbocycles. The van der Waals surface area contributed by atoms with Crippen LogP contribution < -0.4 is 11.1 Å². The SMILES string of the molecule is CCN(CCC(=O)O)CC(=O)Nc1ccc(C(N)=O)cc1. The molecular weight excluding hydrogens is 274 g/mol. The molecule has 0 radical (unpaired) electrons. The average Bonchev–Trinajstić information content (AvgIpc) is 2.43. The topological polar surface area (TPSA) is 113 Å². The van der Waals surface area contributed by atoms with Crippen LogP contribution in [0.4, 0.5) is 5.69 Å². The number of amides is 2. The fraction of sp³-hybridized carbons (Fsp3) is 0.357. The third-order valence-electron chi connectivity index (χ3n) is 2.91. The second-order valence-corrected chi connectivity index (χ2v) is 4.50. The molecule has 0 heterocycles. The van der Waals surface area contributed by atoms with Gasteiger partial charge in [-0.25, -0.2) is 0 Å². The van der Waals surface area contributed by atoms with E-state index >= 15 is 0 Å². The van der Waals surface area contributed by atoms with Crippen molar-refractivity contribution in [1.82, 2.24) is 4.90 Å². The van der Waals surface area contributed by atoms with Crippen molar-refractivity contribution < 1.29 is 19.5 Å². The summed E-state index contributed by atoms with van der Waals surface area (Å²) < 4.78 is 0. The van der Waals surface area contributed by atoms with E-state index in [-0.39, 0.29) is 18.9 Å². The molecule has 0 fully saturated rings. The van der Waals surface area contributed by atoms with Crippen molar-refractivity contribution in [2.75, 3.05) is 25.0 Å². The molecular formula is C14H19N3O4. The van der Waals surface area contributed by atoms with E-state index in [4.69, 9.17) is 10.8 Å². The van der Waals surface area contributed by atoms with E-state index in [2.05, 4.69) is 5.32 Å². The lowest BCUT2D eigenvalue weighted by Crippen LogP contribution is -2.34. The smallest absolute Gasteiger partial charge is 0.304 e. The summed E-state index contributed by atoms with van der Waals surface area (Å²) in [5, 5.41) is 11.3. The maximum atomic E-state index is 11.9. The number of rotatable bonds is 8. The number of nitrogens with one attached hydrogen (secondary N) is 1. The van der Waals surface area contributed by atoms with Gasteiger partial charge in [0, 0.05) is 17.8 Å². The van der Waals surface area contributed by atoms with Gasteiger partial charge in [0.25, 0.3) is 0 Å². The lowest BCUT2D eigenvalue weighted by Gasteiger charge is -2.18. The number of carboxylic acid groups (broad SMARTS) is 1. The molecule has 114 valence electrons. The number of hydrogen-bond donors (Lipinski definition) is 3.